The lowest BCUT2D eigenvalue weighted by Crippen LogP contribution is -2.36. The molecule has 0 rings (SSSR count). The fourth-order valence-electron chi connectivity index (χ4n) is 1.16. The minimum atomic E-state index is -0.0426. The van der Waals surface area contributed by atoms with Gasteiger partial charge in [0.1, 0.15) is 6.61 Å². The quantitative estimate of drug-likeness (QED) is 0.613. The molecule has 1 amide bonds. The van der Waals surface area contributed by atoms with Crippen LogP contribution in [-0.4, -0.2) is 39.4 Å². The molecule has 1 N–H and O–H groups in total. The minimum absolute atomic E-state index is 0.0426. The summed E-state index contributed by atoms with van der Waals surface area (Å²) in [5.41, 5.74) is 0.0659. The molecular formula is C12H25NO3. The molecule has 0 aromatic carbocycles. The highest BCUT2D eigenvalue weighted by Crippen LogP contribution is 2.18. The van der Waals surface area contributed by atoms with Gasteiger partial charge >= 0.3 is 0 Å². The zero-order valence-electron chi connectivity index (χ0n) is 11.0. The largest absolute Gasteiger partial charge is 0.385 e. The van der Waals surface area contributed by atoms with Gasteiger partial charge in [-0.25, -0.2) is 0 Å². The standard InChI is InChI=1S/C12H25NO3/c1-5-7-16-9-11(14)13-10-12(2,3)6-8-15-4/h5-10H2,1-4H3,(H,13,14). The zero-order valence-corrected chi connectivity index (χ0v) is 11.0. The van der Waals surface area contributed by atoms with Crippen molar-refractivity contribution in [3.8, 4) is 0 Å². The minimum Gasteiger partial charge on any atom is -0.385 e. The average molecular weight is 231 g/mol. The molecule has 0 bridgehead atoms. The molecule has 4 nitrogen and oxygen atoms in total. The summed E-state index contributed by atoms with van der Waals surface area (Å²) in [6, 6.07) is 0. The molecule has 0 atom stereocenters. The van der Waals surface area contributed by atoms with Crippen LogP contribution in [0, 0.1) is 5.41 Å². The lowest BCUT2D eigenvalue weighted by molar-refractivity contribution is -0.126. The molecule has 0 aliphatic rings. The van der Waals surface area contributed by atoms with E-state index in [1.165, 1.54) is 0 Å². The van der Waals surface area contributed by atoms with Gasteiger partial charge in [0, 0.05) is 26.9 Å². The second-order valence-electron chi connectivity index (χ2n) is 4.74. The average Bonchev–Trinajstić information content (AvgIpc) is 2.24. The van der Waals surface area contributed by atoms with E-state index in [-0.39, 0.29) is 17.9 Å². The highest BCUT2D eigenvalue weighted by molar-refractivity contribution is 5.77. The van der Waals surface area contributed by atoms with Crippen molar-refractivity contribution in [3.63, 3.8) is 0 Å². The Morgan fingerprint density at radius 1 is 1.31 bits per heavy atom. The second kappa shape index (κ2) is 8.53. The molecule has 0 aromatic heterocycles. The molecular weight excluding hydrogens is 206 g/mol. The Hall–Kier alpha value is -0.610. The van der Waals surface area contributed by atoms with Crippen molar-refractivity contribution in [2.24, 2.45) is 5.41 Å². The van der Waals surface area contributed by atoms with Crippen LogP contribution in [0.3, 0.4) is 0 Å². The monoisotopic (exact) mass is 231 g/mol. The van der Waals surface area contributed by atoms with E-state index in [2.05, 4.69) is 19.2 Å². The Labute approximate surface area is 98.7 Å². The van der Waals surface area contributed by atoms with E-state index < -0.39 is 0 Å². The highest BCUT2D eigenvalue weighted by Gasteiger charge is 2.18. The fraction of sp³-hybridized carbons (Fsp3) is 0.917. The van der Waals surface area contributed by atoms with Crippen LogP contribution in [0.25, 0.3) is 0 Å². The van der Waals surface area contributed by atoms with E-state index in [1.807, 2.05) is 6.92 Å². The van der Waals surface area contributed by atoms with Gasteiger partial charge < -0.3 is 14.8 Å². The Balaban J connectivity index is 3.64. The van der Waals surface area contributed by atoms with E-state index in [1.54, 1.807) is 7.11 Å². The molecule has 0 radical (unpaired) electrons. The maximum atomic E-state index is 11.4. The van der Waals surface area contributed by atoms with Crippen molar-refractivity contribution in [1.82, 2.24) is 5.32 Å². The summed E-state index contributed by atoms with van der Waals surface area (Å²) in [4.78, 5) is 11.4. The first-order valence-electron chi connectivity index (χ1n) is 5.85. The van der Waals surface area contributed by atoms with Gasteiger partial charge in [-0.15, -0.1) is 0 Å². The van der Waals surface area contributed by atoms with Gasteiger partial charge in [0.2, 0.25) is 5.91 Å². The summed E-state index contributed by atoms with van der Waals surface area (Å²) < 4.78 is 10.2. The van der Waals surface area contributed by atoms with Crippen molar-refractivity contribution in [1.29, 1.82) is 0 Å². The Morgan fingerprint density at radius 2 is 2.00 bits per heavy atom. The van der Waals surface area contributed by atoms with Crippen LogP contribution >= 0.6 is 0 Å². The normalized spacial score (nSPS) is 11.5. The molecule has 0 unspecified atom stereocenters. The summed E-state index contributed by atoms with van der Waals surface area (Å²) in [6.45, 7) is 8.42. The number of ether oxygens (including phenoxy) is 2. The molecule has 0 saturated heterocycles. The zero-order chi connectivity index (χ0) is 12.4. The van der Waals surface area contributed by atoms with Gasteiger partial charge in [-0.3, -0.25) is 4.79 Å². The summed E-state index contributed by atoms with van der Waals surface area (Å²) in [5.74, 6) is -0.0426. The van der Waals surface area contributed by atoms with Crippen molar-refractivity contribution in [3.05, 3.63) is 0 Å². The van der Waals surface area contributed by atoms with E-state index in [4.69, 9.17) is 9.47 Å². The van der Waals surface area contributed by atoms with E-state index in [9.17, 15) is 4.79 Å². The van der Waals surface area contributed by atoms with Crippen LogP contribution in [0.2, 0.25) is 0 Å². The fourth-order valence-corrected chi connectivity index (χ4v) is 1.16. The lowest BCUT2D eigenvalue weighted by atomic mass is 9.90. The predicted octanol–water partition coefficient (Wildman–Crippen LogP) is 1.59. The highest BCUT2D eigenvalue weighted by atomic mass is 16.5. The Morgan fingerprint density at radius 3 is 2.56 bits per heavy atom. The lowest BCUT2D eigenvalue weighted by Gasteiger charge is -2.24. The molecule has 96 valence electrons. The van der Waals surface area contributed by atoms with Gasteiger partial charge in [-0.05, 0) is 18.3 Å². The Bertz CT molecular complexity index is 193. The molecule has 0 fully saturated rings. The number of carbonyl (C=O) groups is 1. The Kier molecular flexibility index (Phi) is 8.21. The second-order valence-corrected chi connectivity index (χ2v) is 4.74. The number of hydrogen-bond donors (Lipinski definition) is 1. The number of methoxy groups -OCH3 is 1. The summed E-state index contributed by atoms with van der Waals surface area (Å²) in [5, 5.41) is 2.87. The number of nitrogens with one attached hydrogen (secondary N) is 1. The third-order valence-corrected chi connectivity index (χ3v) is 2.33. The summed E-state index contributed by atoms with van der Waals surface area (Å²) in [7, 11) is 1.69. The molecule has 0 saturated carbocycles. The third-order valence-electron chi connectivity index (χ3n) is 2.33. The first kappa shape index (κ1) is 15.4. The van der Waals surface area contributed by atoms with Crippen LogP contribution < -0.4 is 5.32 Å². The number of carbonyl (C=O) groups excluding carboxylic acids is 1. The van der Waals surface area contributed by atoms with Crippen molar-refractivity contribution >= 4 is 5.91 Å². The first-order valence-corrected chi connectivity index (χ1v) is 5.85. The van der Waals surface area contributed by atoms with Crippen LogP contribution in [0.1, 0.15) is 33.6 Å². The molecule has 0 spiro atoms. The number of hydrogen-bond acceptors (Lipinski definition) is 3. The van der Waals surface area contributed by atoms with Crippen molar-refractivity contribution in [2.45, 2.75) is 33.6 Å². The summed E-state index contributed by atoms with van der Waals surface area (Å²) >= 11 is 0. The van der Waals surface area contributed by atoms with Crippen LogP contribution in [0.5, 0.6) is 0 Å². The van der Waals surface area contributed by atoms with E-state index in [0.717, 1.165) is 19.4 Å². The van der Waals surface area contributed by atoms with Gasteiger partial charge in [0.05, 0.1) is 0 Å². The number of rotatable bonds is 9. The van der Waals surface area contributed by atoms with Gasteiger partial charge in [-0.2, -0.15) is 0 Å². The first-order chi connectivity index (χ1) is 7.52. The smallest absolute Gasteiger partial charge is 0.246 e. The van der Waals surface area contributed by atoms with Crippen molar-refractivity contribution in [2.75, 3.05) is 33.5 Å². The van der Waals surface area contributed by atoms with Gasteiger partial charge in [0.25, 0.3) is 0 Å². The molecule has 0 heterocycles. The molecule has 0 aliphatic carbocycles. The van der Waals surface area contributed by atoms with E-state index >= 15 is 0 Å². The molecule has 0 aliphatic heterocycles. The number of amides is 1. The van der Waals surface area contributed by atoms with Gasteiger partial charge in [0.15, 0.2) is 0 Å². The van der Waals surface area contributed by atoms with Crippen LogP contribution in [0.15, 0.2) is 0 Å². The SMILES string of the molecule is CCCOCC(=O)NCC(C)(C)CCOC. The summed E-state index contributed by atoms with van der Waals surface area (Å²) in [6.07, 6.45) is 1.87. The molecule has 0 aromatic rings. The van der Waals surface area contributed by atoms with Crippen LogP contribution in [-0.2, 0) is 14.3 Å². The predicted molar refractivity (Wildman–Crippen MR) is 64.4 cm³/mol. The van der Waals surface area contributed by atoms with E-state index in [0.29, 0.717) is 13.2 Å². The van der Waals surface area contributed by atoms with Gasteiger partial charge in [-0.1, -0.05) is 20.8 Å². The van der Waals surface area contributed by atoms with Crippen LogP contribution in [0.4, 0.5) is 0 Å². The molecule has 16 heavy (non-hydrogen) atoms. The van der Waals surface area contributed by atoms with Crippen molar-refractivity contribution < 1.29 is 14.3 Å². The topological polar surface area (TPSA) is 47.6 Å². The maximum Gasteiger partial charge on any atom is 0.246 e. The third kappa shape index (κ3) is 8.68. The molecule has 4 heteroatoms. The maximum absolute atomic E-state index is 11.4.